The highest BCUT2D eigenvalue weighted by atomic mass is 32.2. The Balaban J connectivity index is 1.56. The Labute approximate surface area is 168 Å². The number of carbonyl (C=O) groups excluding carboxylic acids is 2. The van der Waals surface area contributed by atoms with Gasteiger partial charge >= 0.3 is 5.97 Å². The van der Waals surface area contributed by atoms with Gasteiger partial charge in [-0.25, -0.2) is 8.42 Å². The second kappa shape index (κ2) is 8.85. The van der Waals surface area contributed by atoms with E-state index in [9.17, 15) is 18.0 Å². The van der Waals surface area contributed by atoms with Crippen LogP contribution < -0.4 is 4.72 Å². The van der Waals surface area contributed by atoms with Crippen molar-refractivity contribution in [3.05, 3.63) is 77.3 Å². The first-order chi connectivity index (χ1) is 13.9. The lowest BCUT2D eigenvalue weighted by molar-refractivity contribution is -0.144. The maximum absolute atomic E-state index is 12.3. The number of sulfonamides is 1. The predicted octanol–water partition coefficient (Wildman–Crippen LogP) is 2.87. The Morgan fingerprint density at radius 1 is 1.10 bits per heavy atom. The average Bonchev–Trinajstić information content (AvgIpc) is 3.15. The molecule has 0 fully saturated rings. The molecule has 1 heterocycles. The fourth-order valence-corrected chi connectivity index (χ4v) is 3.71. The van der Waals surface area contributed by atoms with Gasteiger partial charge in [-0.2, -0.15) is 4.72 Å². The van der Waals surface area contributed by atoms with Crippen molar-refractivity contribution in [3.8, 4) is 0 Å². The van der Waals surface area contributed by atoms with Crippen molar-refractivity contribution in [1.29, 1.82) is 0 Å². The van der Waals surface area contributed by atoms with E-state index in [1.165, 1.54) is 13.0 Å². The molecule has 0 amide bonds. The molecule has 1 unspecified atom stereocenters. The van der Waals surface area contributed by atoms with Crippen LogP contribution >= 0.6 is 0 Å². The highest BCUT2D eigenvalue weighted by Crippen LogP contribution is 2.18. The van der Waals surface area contributed by atoms with Crippen LogP contribution in [0.2, 0.25) is 0 Å². The Morgan fingerprint density at radius 2 is 1.79 bits per heavy atom. The Bertz CT molecular complexity index is 1150. The molecule has 150 valence electrons. The minimum Gasteiger partial charge on any atom is -0.456 e. The Hall–Kier alpha value is -3.23. The molecule has 0 spiro atoms. The van der Waals surface area contributed by atoms with Crippen molar-refractivity contribution in [3.63, 3.8) is 0 Å². The van der Waals surface area contributed by atoms with E-state index in [0.29, 0.717) is 11.1 Å². The molecule has 3 aromatic rings. The third-order valence-electron chi connectivity index (χ3n) is 4.17. The molecular formula is C21H20N2O5S. The normalized spacial score (nSPS) is 12.9. The van der Waals surface area contributed by atoms with Gasteiger partial charge in [0.15, 0.2) is 6.61 Å². The van der Waals surface area contributed by atoms with Gasteiger partial charge in [0.25, 0.3) is 0 Å². The standard InChI is InChI=1S/C21H20N2O5S/c1-15(23-29(26,27)12-11-16-7-3-2-4-8-16)21(25)28-14-20(24)18-13-22-19-10-6-5-9-17(18)19/h2-13,15,22-23H,14H2,1H3. The molecule has 0 aliphatic carbocycles. The number of aromatic nitrogens is 1. The topological polar surface area (TPSA) is 105 Å². The molecule has 29 heavy (non-hydrogen) atoms. The first kappa shape index (κ1) is 20.5. The summed E-state index contributed by atoms with van der Waals surface area (Å²) in [5, 5.41) is 1.71. The molecule has 1 atom stereocenters. The summed E-state index contributed by atoms with van der Waals surface area (Å²) in [7, 11) is -3.86. The second-order valence-corrected chi connectivity index (χ2v) is 7.97. The van der Waals surface area contributed by atoms with Gasteiger partial charge in [-0.1, -0.05) is 48.5 Å². The summed E-state index contributed by atoms with van der Waals surface area (Å²) in [6.45, 7) is 0.874. The molecule has 1 aromatic heterocycles. The first-order valence-electron chi connectivity index (χ1n) is 8.87. The quantitative estimate of drug-likeness (QED) is 0.437. The number of nitrogens with one attached hydrogen (secondary N) is 2. The molecule has 3 rings (SSSR count). The minimum atomic E-state index is -3.86. The lowest BCUT2D eigenvalue weighted by Crippen LogP contribution is -2.39. The van der Waals surface area contributed by atoms with E-state index in [4.69, 9.17) is 4.74 Å². The third-order valence-corrected chi connectivity index (χ3v) is 5.35. The monoisotopic (exact) mass is 412 g/mol. The van der Waals surface area contributed by atoms with Crippen molar-refractivity contribution in [2.24, 2.45) is 0 Å². The SMILES string of the molecule is CC(NS(=O)(=O)C=Cc1ccccc1)C(=O)OCC(=O)c1c[nH]c2ccccc12. The maximum atomic E-state index is 12.3. The average molecular weight is 412 g/mol. The lowest BCUT2D eigenvalue weighted by Gasteiger charge is -2.11. The van der Waals surface area contributed by atoms with Crippen LogP contribution in [0.3, 0.4) is 0 Å². The highest BCUT2D eigenvalue weighted by Gasteiger charge is 2.21. The fourth-order valence-electron chi connectivity index (χ4n) is 2.71. The summed E-state index contributed by atoms with van der Waals surface area (Å²) in [5.41, 5.74) is 1.92. The zero-order valence-electron chi connectivity index (χ0n) is 15.7. The molecule has 0 radical (unpaired) electrons. The van der Waals surface area contributed by atoms with Crippen LogP contribution in [0.15, 0.2) is 66.2 Å². The number of aromatic amines is 1. The van der Waals surface area contributed by atoms with Crippen molar-refractivity contribution in [2.75, 3.05) is 6.61 Å². The van der Waals surface area contributed by atoms with Gasteiger partial charge in [0.1, 0.15) is 6.04 Å². The van der Waals surface area contributed by atoms with Gasteiger partial charge < -0.3 is 9.72 Å². The number of para-hydroxylation sites is 1. The van der Waals surface area contributed by atoms with E-state index in [-0.39, 0.29) is 5.78 Å². The number of hydrogen-bond donors (Lipinski definition) is 2. The predicted molar refractivity (Wildman–Crippen MR) is 111 cm³/mol. The summed E-state index contributed by atoms with van der Waals surface area (Å²) in [5.74, 6) is -1.22. The molecule has 0 aliphatic heterocycles. The van der Waals surface area contributed by atoms with Crippen LogP contribution in [0.4, 0.5) is 0 Å². The van der Waals surface area contributed by atoms with E-state index >= 15 is 0 Å². The van der Waals surface area contributed by atoms with Crippen LogP contribution in [0, 0.1) is 0 Å². The smallest absolute Gasteiger partial charge is 0.324 e. The minimum absolute atomic E-state index is 0.380. The van der Waals surface area contributed by atoms with Gasteiger partial charge in [-0.3, -0.25) is 9.59 Å². The number of carbonyl (C=O) groups is 2. The number of esters is 1. The van der Waals surface area contributed by atoms with E-state index in [2.05, 4.69) is 9.71 Å². The molecule has 7 nitrogen and oxygen atoms in total. The lowest BCUT2D eigenvalue weighted by atomic mass is 10.1. The third kappa shape index (κ3) is 5.40. The van der Waals surface area contributed by atoms with E-state index < -0.39 is 28.6 Å². The summed E-state index contributed by atoms with van der Waals surface area (Å²) in [4.78, 5) is 27.4. The van der Waals surface area contributed by atoms with Crippen molar-refractivity contribution in [1.82, 2.24) is 9.71 Å². The van der Waals surface area contributed by atoms with E-state index in [1.54, 1.807) is 42.6 Å². The number of ketones is 1. The zero-order chi connectivity index (χ0) is 20.9. The zero-order valence-corrected chi connectivity index (χ0v) is 16.5. The van der Waals surface area contributed by atoms with Crippen molar-refractivity contribution >= 4 is 38.8 Å². The number of benzene rings is 2. The molecular weight excluding hydrogens is 392 g/mol. The van der Waals surface area contributed by atoms with Crippen molar-refractivity contribution < 1.29 is 22.7 Å². The first-order valence-corrected chi connectivity index (χ1v) is 10.4. The van der Waals surface area contributed by atoms with Crippen LogP contribution in [0.25, 0.3) is 17.0 Å². The summed E-state index contributed by atoms with van der Waals surface area (Å²) >= 11 is 0. The van der Waals surface area contributed by atoms with Crippen LogP contribution in [-0.4, -0.2) is 37.8 Å². The van der Waals surface area contributed by atoms with Crippen LogP contribution in [-0.2, 0) is 19.6 Å². The number of H-pyrrole nitrogens is 1. The van der Waals surface area contributed by atoms with Gasteiger partial charge in [0.05, 0.1) is 0 Å². The molecule has 0 bridgehead atoms. The fraction of sp³-hybridized carbons (Fsp3) is 0.143. The molecule has 0 aliphatic rings. The number of ether oxygens (including phenoxy) is 1. The molecule has 0 saturated carbocycles. The molecule has 8 heteroatoms. The Kier molecular flexibility index (Phi) is 6.26. The Morgan fingerprint density at radius 3 is 2.55 bits per heavy atom. The largest absolute Gasteiger partial charge is 0.456 e. The van der Waals surface area contributed by atoms with Crippen LogP contribution in [0.5, 0.6) is 0 Å². The highest BCUT2D eigenvalue weighted by molar-refractivity contribution is 7.92. The summed E-state index contributed by atoms with van der Waals surface area (Å²) < 4.78 is 31.4. The number of fused-ring (bicyclic) bond motifs is 1. The van der Waals surface area contributed by atoms with Gasteiger partial charge in [0, 0.05) is 28.1 Å². The maximum Gasteiger partial charge on any atom is 0.324 e. The number of hydrogen-bond acceptors (Lipinski definition) is 5. The number of Topliss-reactive ketones (excluding diaryl/α,β-unsaturated/α-hetero) is 1. The molecule has 0 saturated heterocycles. The van der Waals surface area contributed by atoms with Gasteiger partial charge in [-0.15, -0.1) is 0 Å². The second-order valence-electron chi connectivity index (χ2n) is 6.38. The van der Waals surface area contributed by atoms with Gasteiger partial charge in [0.2, 0.25) is 15.8 Å². The summed E-state index contributed by atoms with van der Waals surface area (Å²) in [6.07, 6.45) is 2.97. The molecule has 2 N–H and O–H groups in total. The van der Waals surface area contributed by atoms with Crippen LogP contribution in [0.1, 0.15) is 22.8 Å². The van der Waals surface area contributed by atoms with Crippen molar-refractivity contribution in [2.45, 2.75) is 13.0 Å². The van der Waals surface area contributed by atoms with E-state index in [1.807, 2.05) is 18.2 Å². The number of rotatable bonds is 8. The molecule has 2 aromatic carbocycles. The summed E-state index contributed by atoms with van der Waals surface area (Å²) in [6, 6.07) is 15.0. The van der Waals surface area contributed by atoms with Gasteiger partial charge in [-0.05, 0) is 24.6 Å². The van der Waals surface area contributed by atoms with E-state index in [0.717, 1.165) is 16.3 Å².